The fraction of sp³-hybridized carbons (Fsp3) is 0.941. The lowest BCUT2D eigenvalue weighted by atomic mass is 9.78. The molecule has 0 saturated heterocycles. The smallest absolute Gasteiger partial charge is 0.355 e. The number of alkyl halides is 3. The maximum atomic E-state index is 13.0. The van der Waals surface area contributed by atoms with E-state index in [-0.39, 0.29) is 18.8 Å². The third-order valence-electron chi connectivity index (χ3n) is 5.24. The molecule has 0 heterocycles. The van der Waals surface area contributed by atoms with E-state index in [1.807, 2.05) is 0 Å². The van der Waals surface area contributed by atoms with E-state index in [1.165, 1.54) is 25.7 Å². The van der Waals surface area contributed by atoms with Crippen LogP contribution in [-0.4, -0.2) is 31.2 Å². The second-order valence-corrected chi connectivity index (χ2v) is 6.97. The Bertz CT molecular complexity index is 371. The van der Waals surface area contributed by atoms with Gasteiger partial charge in [-0.3, -0.25) is 4.79 Å². The lowest BCUT2D eigenvalue weighted by molar-refractivity contribution is -0.198. The molecule has 0 spiro atoms. The van der Waals surface area contributed by atoms with Gasteiger partial charge in [-0.1, -0.05) is 38.5 Å². The Morgan fingerprint density at radius 3 is 2.08 bits per heavy atom. The summed E-state index contributed by atoms with van der Waals surface area (Å²) in [6, 6.07) is 0.493. The van der Waals surface area contributed by atoms with Crippen LogP contribution in [-0.2, 0) is 4.79 Å². The summed E-state index contributed by atoms with van der Waals surface area (Å²) in [4.78, 5) is 12.1. The van der Waals surface area contributed by atoms with Gasteiger partial charge >= 0.3 is 6.18 Å². The second-order valence-electron chi connectivity index (χ2n) is 6.97. The molecule has 2 aliphatic carbocycles. The first-order valence-electron chi connectivity index (χ1n) is 9.06. The van der Waals surface area contributed by atoms with Crippen molar-refractivity contribution in [2.24, 2.45) is 11.8 Å². The maximum absolute atomic E-state index is 13.0. The molecule has 24 heavy (non-hydrogen) atoms. The fourth-order valence-electron chi connectivity index (χ4n) is 3.91. The van der Waals surface area contributed by atoms with Gasteiger partial charge in [-0.2, -0.15) is 13.2 Å². The molecule has 2 unspecified atom stereocenters. The molecule has 0 radical (unpaired) electrons. The van der Waals surface area contributed by atoms with Gasteiger partial charge in [-0.05, 0) is 25.7 Å². The molecule has 0 bridgehead atoms. The molecule has 0 aromatic carbocycles. The maximum Gasteiger partial charge on any atom is 0.392 e. The van der Waals surface area contributed by atoms with Crippen molar-refractivity contribution in [2.75, 3.05) is 13.1 Å². The number of halogens is 4. The molecule has 3 nitrogen and oxygen atoms in total. The van der Waals surface area contributed by atoms with E-state index in [4.69, 9.17) is 0 Å². The SMILES string of the molecule is Cl.O=C(NCCNC1CCCCCC1)C1CCCCC1C(F)(F)F. The topological polar surface area (TPSA) is 41.1 Å². The van der Waals surface area contributed by atoms with Crippen LogP contribution >= 0.6 is 12.4 Å². The molecule has 142 valence electrons. The third-order valence-corrected chi connectivity index (χ3v) is 5.24. The Labute approximate surface area is 148 Å². The van der Waals surface area contributed by atoms with Crippen LogP contribution < -0.4 is 10.6 Å². The Kier molecular flexibility index (Phi) is 9.42. The van der Waals surface area contributed by atoms with Gasteiger partial charge in [-0.25, -0.2) is 0 Å². The normalized spacial score (nSPS) is 26.3. The summed E-state index contributed by atoms with van der Waals surface area (Å²) in [5, 5.41) is 6.13. The molecular weight excluding hydrogens is 341 g/mol. The van der Waals surface area contributed by atoms with Crippen LogP contribution in [0.25, 0.3) is 0 Å². The minimum Gasteiger partial charge on any atom is -0.355 e. The van der Waals surface area contributed by atoms with Crippen molar-refractivity contribution < 1.29 is 18.0 Å². The van der Waals surface area contributed by atoms with Crippen LogP contribution in [0, 0.1) is 11.8 Å². The Balaban J connectivity index is 0.00000288. The van der Waals surface area contributed by atoms with Crippen molar-refractivity contribution in [3.8, 4) is 0 Å². The van der Waals surface area contributed by atoms with E-state index < -0.39 is 23.9 Å². The first-order valence-corrected chi connectivity index (χ1v) is 9.06. The van der Waals surface area contributed by atoms with Gasteiger partial charge in [-0.15, -0.1) is 12.4 Å². The van der Waals surface area contributed by atoms with Crippen LogP contribution in [0.2, 0.25) is 0 Å². The molecule has 2 atom stereocenters. The predicted molar refractivity (Wildman–Crippen MR) is 91.3 cm³/mol. The average molecular weight is 371 g/mol. The van der Waals surface area contributed by atoms with Crippen molar-refractivity contribution in [1.82, 2.24) is 10.6 Å². The number of nitrogens with one attached hydrogen (secondary N) is 2. The van der Waals surface area contributed by atoms with Gasteiger partial charge in [0.1, 0.15) is 0 Å². The monoisotopic (exact) mass is 370 g/mol. The van der Waals surface area contributed by atoms with Crippen molar-refractivity contribution in [3.63, 3.8) is 0 Å². The summed E-state index contributed by atoms with van der Waals surface area (Å²) in [6.07, 6.45) is 4.82. The lowest BCUT2D eigenvalue weighted by Gasteiger charge is -2.32. The Morgan fingerprint density at radius 2 is 1.46 bits per heavy atom. The van der Waals surface area contributed by atoms with Crippen LogP contribution in [0.4, 0.5) is 13.2 Å². The molecule has 7 heteroatoms. The van der Waals surface area contributed by atoms with E-state index in [0.29, 0.717) is 38.4 Å². The molecule has 1 amide bonds. The summed E-state index contributed by atoms with van der Waals surface area (Å²) in [7, 11) is 0. The Morgan fingerprint density at radius 1 is 0.875 bits per heavy atom. The third kappa shape index (κ3) is 6.79. The summed E-state index contributed by atoms with van der Waals surface area (Å²) in [5.41, 5.74) is 0. The van der Waals surface area contributed by atoms with Crippen molar-refractivity contribution >= 4 is 18.3 Å². The van der Waals surface area contributed by atoms with Gasteiger partial charge in [0.15, 0.2) is 0 Å². The number of rotatable bonds is 5. The highest BCUT2D eigenvalue weighted by molar-refractivity contribution is 5.85. The Hall–Kier alpha value is -0.490. The first kappa shape index (κ1) is 21.6. The van der Waals surface area contributed by atoms with E-state index in [0.717, 1.165) is 12.8 Å². The number of carbonyl (C=O) groups excluding carboxylic acids is 1. The van der Waals surface area contributed by atoms with Crippen LogP contribution in [0.1, 0.15) is 64.2 Å². The summed E-state index contributed by atoms with van der Waals surface area (Å²) >= 11 is 0. The van der Waals surface area contributed by atoms with E-state index in [2.05, 4.69) is 10.6 Å². The van der Waals surface area contributed by atoms with Gasteiger partial charge in [0.05, 0.1) is 5.92 Å². The molecule has 0 aliphatic heterocycles. The molecule has 2 aliphatic rings. The van der Waals surface area contributed by atoms with Crippen LogP contribution in [0.15, 0.2) is 0 Å². The zero-order valence-electron chi connectivity index (χ0n) is 14.2. The van der Waals surface area contributed by atoms with E-state index in [1.54, 1.807) is 0 Å². The van der Waals surface area contributed by atoms with Gasteiger partial charge in [0.25, 0.3) is 0 Å². The first-order chi connectivity index (χ1) is 11.0. The number of carbonyl (C=O) groups is 1. The van der Waals surface area contributed by atoms with E-state index >= 15 is 0 Å². The summed E-state index contributed by atoms with van der Waals surface area (Å²) < 4.78 is 39.1. The zero-order chi connectivity index (χ0) is 16.7. The molecular formula is C17H30ClF3N2O. The second kappa shape index (κ2) is 10.5. The molecule has 0 aromatic rings. The highest BCUT2D eigenvalue weighted by atomic mass is 35.5. The summed E-state index contributed by atoms with van der Waals surface area (Å²) in [5.74, 6) is -2.79. The minimum absolute atomic E-state index is 0. The van der Waals surface area contributed by atoms with Gasteiger partial charge in [0, 0.05) is 25.0 Å². The quantitative estimate of drug-likeness (QED) is 0.562. The minimum atomic E-state index is -4.26. The summed E-state index contributed by atoms with van der Waals surface area (Å²) in [6.45, 7) is 1.05. The van der Waals surface area contributed by atoms with Crippen LogP contribution in [0.5, 0.6) is 0 Å². The van der Waals surface area contributed by atoms with Crippen molar-refractivity contribution in [1.29, 1.82) is 0 Å². The van der Waals surface area contributed by atoms with Gasteiger partial charge < -0.3 is 10.6 Å². The number of hydrogen-bond donors (Lipinski definition) is 2. The highest BCUT2D eigenvalue weighted by Crippen LogP contribution is 2.41. The number of hydrogen-bond acceptors (Lipinski definition) is 2. The van der Waals surface area contributed by atoms with Crippen molar-refractivity contribution in [2.45, 2.75) is 76.4 Å². The fourth-order valence-corrected chi connectivity index (χ4v) is 3.91. The molecule has 2 saturated carbocycles. The van der Waals surface area contributed by atoms with Crippen LogP contribution in [0.3, 0.4) is 0 Å². The molecule has 2 fully saturated rings. The van der Waals surface area contributed by atoms with E-state index in [9.17, 15) is 18.0 Å². The highest BCUT2D eigenvalue weighted by Gasteiger charge is 2.47. The predicted octanol–water partition coefficient (Wildman–Crippen LogP) is 4.21. The molecule has 2 N–H and O–H groups in total. The zero-order valence-corrected chi connectivity index (χ0v) is 15.0. The average Bonchev–Trinajstić information content (AvgIpc) is 2.79. The number of amides is 1. The lowest BCUT2D eigenvalue weighted by Crippen LogP contribution is -2.44. The molecule has 2 rings (SSSR count). The largest absolute Gasteiger partial charge is 0.392 e. The standard InChI is InChI=1S/C17H29F3N2O.ClH/c18-17(19,20)15-10-6-5-9-14(15)16(23)22-12-11-21-13-7-3-1-2-4-8-13;/h13-15,21H,1-12H2,(H,22,23);1H. The van der Waals surface area contributed by atoms with Crippen molar-refractivity contribution in [3.05, 3.63) is 0 Å². The van der Waals surface area contributed by atoms with Gasteiger partial charge in [0.2, 0.25) is 5.91 Å². The molecule has 0 aromatic heterocycles.